The standard InChI is InChI=1S/C16H11Cl2N5O2/c17-12-7-6-10(8-13(12)18)15(24)20-21-16(25)14-9-19-23(22-14)11-4-2-1-3-5-11/h1-9H,(H,20,24)(H,21,25). The van der Waals surface area contributed by atoms with Crippen molar-refractivity contribution in [3.63, 3.8) is 0 Å². The zero-order chi connectivity index (χ0) is 17.8. The van der Waals surface area contributed by atoms with Crippen LogP contribution in [-0.2, 0) is 0 Å². The molecule has 2 N–H and O–H groups in total. The maximum Gasteiger partial charge on any atom is 0.291 e. The van der Waals surface area contributed by atoms with E-state index in [1.807, 2.05) is 18.2 Å². The smallest absolute Gasteiger partial charge is 0.267 e. The molecule has 2 amide bonds. The lowest BCUT2D eigenvalue weighted by Crippen LogP contribution is -2.41. The van der Waals surface area contributed by atoms with E-state index >= 15 is 0 Å². The van der Waals surface area contributed by atoms with Gasteiger partial charge in [-0.25, -0.2) is 0 Å². The van der Waals surface area contributed by atoms with E-state index in [-0.39, 0.29) is 16.3 Å². The largest absolute Gasteiger partial charge is 0.291 e. The molecule has 3 rings (SSSR count). The summed E-state index contributed by atoms with van der Waals surface area (Å²) in [5.74, 6) is -1.14. The van der Waals surface area contributed by atoms with Crippen LogP contribution in [0.4, 0.5) is 0 Å². The average molecular weight is 376 g/mol. The molecule has 0 saturated carbocycles. The minimum atomic E-state index is -0.601. The second-order valence-corrected chi connectivity index (χ2v) is 5.71. The molecule has 0 spiro atoms. The fraction of sp³-hybridized carbons (Fsp3) is 0. The highest BCUT2D eigenvalue weighted by Gasteiger charge is 2.13. The molecule has 0 bridgehead atoms. The summed E-state index contributed by atoms with van der Waals surface area (Å²) in [6.45, 7) is 0. The van der Waals surface area contributed by atoms with Gasteiger partial charge in [0.25, 0.3) is 11.8 Å². The Morgan fingerprint density at radius 1 is 0.920 bits per heavy atom. The average Bonchev–Trinajstić information content (AvgIpc) is 3.12. The molecule has 25 heavy (non-hydrogen) atoms. The van der Waals surface area contributed by atoms with Crippen LogP contribution in [0.1, 0.15) is 20.8 Å². The van der Waals surface area contributed by atoms with E-state index in [0.717, 1.165) is 0 Å². The van der Waals surface area contributed by atoms with Gasteiger partial charge in [-0.2, -0.15) is 9.90 Å². The number of benzene rings is 2. The quantitative estimate of drug-likeness (QED) is 0.688. The third-order valence-electron chi connectivity index (χ3n) is 3.18. The molecule has 0 aliphatic carbocycles. The molecule has 126 valence electrons. The highest BCUT2D eigenvalue weighted by Crippen LogP contribution is 2.22. The van der Waals surface area contributed by atoms with E-state index in [2.05, 4.69) is 21.0 Å². The van der Waals surface area contributed by atoms with Crippen molar-refractivity contribution < 1.29 is 9.59 Å². The zero-order valence-electron chi connectivity index (χ0n) is 12.6. The van der Waals surface area contributed by atoms with E-state index in [9.17, 15) is 9.59 Å². The van der Waals surface area contributed by atoms with Gasteiger partial charge >= 0.3 is 0 Å². The van der Waals surface area contributed by atoms with Crippen LogP contribution in [0.3, 0.4) is 0 Å². The van der Waals surface area contributed by atoms with Gasteiger partial charge in [-0.15, -0.1) is 5.10 Å². The fourth-order valence-corrected chi connectivity index (χ4v) is 2.24. The van der Waals surface area contributed by atoms with E-state index in [0.29, 0.717) is 10.7 Å². The molecule has 0 aliphatic rings. The van der Waals surface area contributed by atoms with Crippen molar-refractivity contribution in [1.29, 1.82) is 0 Å². The number of aromatic nitrogens is 3. The van der Waals surface area contributed by atoms with E-state index in [1.54, 1.807) is 12.1 Å². The highest BCUT2D eigenvalue weighted by molar-refractivity contribution is 6.42. The first-order valence-electron chi connectivity index (χ1n) is 7.08. The molecule has 0 unspecified atom stereocenters. The lowest BCUT2D eigenvalue weighted by molar-refractivity contribution is 0.0843. The number of carbonyl (C=O) groups excluding carboxylic acids is 2. The normalized spacial score (nSPS) is 10.3. The van der Waals surface area contributed by atoms with Crippen LogP contribution in [0, 0.1) is 0 Å². The number of hydrazine groups is 1. The van der Waals surface area contributed by atoms with Crippen LogP contribution >= 0.6 is 23.2 Å². The van der Waals surface area contributed by atoms with Crippen molar-refractivity contribution in [2.45, 2.75) is 0 Å². The summed E-state index contributed by atoms with van der Waals surface area (Å²) in [7, 11) is 0. The molecule has 0 aliphatic heterocycles. The van der Waals surface area contributed by atoms with Gasteiger partial charge in [-0.3, -0.25) is 20.4 Å². The van der Waals surface area contributed by atoms with Crippen molar-refractivity contribution >= 4 is 35.0 Å². The molecule has 0 fully saturated rings. The number of rotatable bonds is 3. The number of para-hydroxylation sites is 1. The summed E-state index contributed by atoms with van der Waals surface area (Å²) in [5, 5.41) is 8.65. The van der Waals surface area contributed by atoms with Crippen molar-refractivity contribution in [3.05, 3.63) is 76.0 Å². The maximum atomic E-state index is 12.1. The Morgan fingerprint density at radius 3 is 2.36 bits per heavy atom. The summed E-state index contributed by atoms with van der Waals surface area (Å²) in [6, 6.07) is 13.5. The van der Waals surface area contributed by atoms with Gasteiger partial charge in [0.2, 0.25) is 0 Å². The van der Waals surface area contributed by atoms with Gasteiger partial charge in [0, 0.05) is 5.56 Å². The van der Waals surface area contributed by atoms with Crippen LogP contribution < -0.4 is 10.9 Å². The Labute approximate surface area is 152 Å². The van der Waals surface area contributed by atoms with Gasteiger partial charge in [0.05, 0.1) is 21.9 Å². The minimum absolute atomic E-state index is 0.0540. The number of nitrogens with one attached hydrogen (secondary N) is 2. The Kier molecular flexibility index (Phi) is 4.97. The summed E-state index contributed by atoms with van der Waals surface area (Å²) in [4.78, 5) is 25.4. The monoisotopic (exact) mass is 375 g/mol. The number of halogens is 2. The van der Waals surface area contributed by atoms with Crippen LogP contribution in [0.25, 0.3) is 5.69 Å². The number of hydrogen-bond acceptors (Lipinski definition) is 4. The molecule has 9 heteroatoms. The maximum absolute atomic E-state index is 12.1. The predicted octanol–water partition coefficient (Wildman–Crippen LogP) is 2.65. The summed E-state index contributed by atoms with van der Waals surface area (Å²) in [6.07, 6.45) is 1.30. The summed E-state index contributed by atoms with van der Waals surface area (Å²) < 4.78 is 0. The molecule has 1 aromatic heterocycles. The van der Waals surface area contributed by atoms with Gasteiger partial charge in [-0.1, -0.05) is 41.4 Å². The lowest BCUT2D eigenvalue weighted by Gasteiger charge is -2.06. The van der Waals surface area contributed by atoms with Gasteiger partial charge < -0.3 is 0 Å². The Balaban J connectivity index is 1.64. The van der Waals surface area contributed by atoms with E-state index in [4.69, 9.17) is 23.2 Å². The zero-order valence-corrected chi connectivity index (χ0v) is 14.1. The first-order chi connectivity index (χ1) is 12.0. The molecule has 3 aromatic rings. The second-order valence-electron chi connectivity index (χ2n) is 4.89. The van der Waals surface area contributed by atoms with Crippen LogP contribution in [0.15, 0.2) is 54.7 Å². The highest BCUT2D eigenvalue weighted by atomic mass is 35.5. The van der Waals surface area contributed by atoms with Gasteiger partial charge in [-0.05, 0) is 30.3 Å². The van der Waals surface area contributed by atoms with Crippen LogP contribution in [-0.4, -0.2) is 26.8 Å². The van der Waals surface area contributed by atoms with Crippen molar-refractivity contribution in [2.75, 3.05) is 0 Å². The van der Waals surface area contributed by atoms with E-state index < -0.39 is 11.8 Å². The van der Waals surface area contributed by atoms with Crippen LogP contribution in [0.5, 0.6) is 0 Å². The SMILES string of the molecule is O=C(NNC(=O)c1cnn(-c2ccccc2)n1)c1ccc(Cl)c(Cl)c1. The number of nitrogens with zero attached hydrogens (tertiary/aromatic N) is 3. The molecule has 0 atom stereocenters. The minimum Gasteiger partial charge on any atom is -0.267 e. The van der Waals surface area contributed by atoms with Gasteiger partial charge in [0.15, 0.2) is 5.69 Å². The van der Waals surface area contributed by atoms with Crippen LogP contribution in [0.2, 0.25) is 10.0 Å². The van der Waals surface area contributed by atoms with E-state index in [1.165, 1.54) is 29.2 Å². The van der Waals surface area contributed by atoms with Crippen molar-refractivity contribution in [2.24, 2.45) is 0 Å². The number of amides is 2. The Hall–Kier alpha value is -2.90. The summed E-state index contributed by atoms with van der Waals surface area (Å²) >= 11 is 11.7. The van der Waals surface area contributed by atoms with Crippen molar-refractivity contribution in [1.82, 2.24) is 25.8 Å². The van der Waals surface area contributed by atoms with Gasteiger partial charge in [0.1, 0.15) is 0 Å². The topological polar surface area (TPSA) is 88.9 Å². The predicted molar refractivity (Wildman–Crippen MR) is 92.8 cm³/mol. The molecule has 1 heterocycles. The number of carbonyl (C=O) groups is 2. The van der Waals surface area contributed by atoms with Crippen molar-refractivity contribution in [3.8, 4) is 5.69 Å². The molecule has 2 aromatic carbocycles. The molecule has 0 radical (unpaired) electrons. The first kappa shape index (κ1) is 16.9. The second kappa shape index (κ2) is 7.33. The molecular formula is C16H11Cl2N5O2. The first-order valence-corrected chi connectivity index (χ1v) is 7.83. The molecule has 7 nitrogen and oxygen atoms in total. The Bertz CT molecular complexity index is 927. The lowest BCUT2D eigenvalue weighted by atomic mass is 10.2. The molecular weight excluding hydrogens is 365 g/mol. The fourth-order valence-electron chi connectivity index (χ4n) is 1.94. The third kappa shape index (κ3) is 3.96. The Morgan fingerprint density at radius 2 is 1.64 bits per heavy atom. The third-order valence-corrected chi connectivity index (χ3v) is 3.92. The molecule has 0 saturated heterocycles. The number of hydrogen-bond donors (Lipinski definition) is 2. The summed E-state index contributed by atoms with van der Waals surface area (Å²) in [5.41, 5.74) is 5.56.